The number of ether oxygens (including phenoxy) is 3. The molecular formula is C23H24N2O9. The SMILES string of the molecule is COc1ccc(C2C(=C(O)c3cccc([N+](=O)[O-])c3)C(=O)C(=O)N2CCOCCO)cc1OC. The van der Waals surface area contributed by atoms with Crippen molar-refractivity contribution < 1.29 is 38.9 Å². The molecule has 1 atom stereocenters. The first-order valence-corrected chi connectivity index (χ1v) is 10.3. The predicted octanol–water partition coefficient (Wildman–Crippen LogP) is 2.04. The molecule has 2 aromatic carbocycles. The highest BCUT2D eigenvalue weighted by molar-refractivity contribution is 6.46. The van der Waals surface area contributed by atoms with Gasteiger partial charge in [0.15, 0.2) is 11.5 Å². The Morgan fingerprint density at radius 1 is 1.09 bits per heavy atom. The Kier molecular flexibility index (Phi) is 7.82. The molecular weight excluding hydrogens is 448 g/mol. The van der Waals surface area contributed by atoms with Crippen LogP contribution in [0.1, 0.15) is 17.2 Å². The molecule has 1 fully saturated rings. The van der Waals surface area contributed by atoms with Gasteiger partial charge in [-0.2, -0.15) is 0 Å². The molecule has 180 valence electrons. The van der Waals surface area contributed by atoms with Crippen molar-refractivity contribution in [2.45, 2.75) is 6.04 Å². The summed E-state index contributed by atoms with van der Waals surface area (Å²) in [5.41, 5.74) is -0.0292. The zero-order valence-electron chi connectivity index (χ0n) is 18.6. The number of hydrogen-bond acceptors (Lipinski definition) is 9. The number of carbonyl (C=O) groups is 2. The molecule has 1 heterocycles. The molecule has 2 aromatic rings. The minimum atomic E-state index is -1.02. The maximum Gasteiger partial charge on any atom is 0.295 e. The van der Waals surface area contributed by atoms with Gasteiger partial charge in [0, 0.05) is 24.2 Å². The van der Waals surface area contributed by atoms with E-state index in [4.69, 9.17) is 19.3 Å². The summed E-state index contributed by atoms with van der Waals surface area (Å²) in [7, 11) is 2.90. The lowest BCUT2D eigenvalue weighted by Gasteiger charge is -2.26. The Morgan fingerprint density at radius 2 is 1.82 bits per heavy atom. The maximum atomic E-state index is 13.0. The molecule has 1 aliphatic heterocycles. The van der Waals surface area contributed by atoms with Crippen molar-refractivity contribution in [2.24, 2.45) is 0 Å². The topological polar surface area (TPSA) is 149 Å². The second-order valence-corrected chi connectivity index (χ2v) is 7.25. The zero-order valence-corrected chi connectivity index (χ0v) is 18.6. The lowest BCUT2D eigenvalue weighted by atomic mass is 9.95. The summed E-state index contributed by atoms with van der Waals surface area (Å²) < 4.78 is 15.9. The van der Waals surface area contributed by atoms with Crippen LogP contribution in [0.15, 0.2) is 48.0 Å². The van der Waals surface area contributed by atoms with Gasteiger partial charge in [0.25, 0.3) is 17.4 Å². The number of Topliss-reactive ketones (excluding diaryl/α,β-unsaturated/α-hetero) is 1. The predicted molar refractivity (Wildman–Crippen MR) is 120 cm³/mol. The molecule has 1 aliphatic rings. The molecule has 34 heavy (non-hydrogen) atoms. The van der Waals surface area contributed by atoms with Crippen molar-refractivity contribution in [3.8, 4) is 11.5 Å². The Labute approximate surface area is 194 Å². The molecule has 0 aromatic heterocycles. The number of nitrogens with zero attached hydrogens (tertiary/aromatic N) is 2. The number of non-ortho nitro benzene ring substituents is 1. The van der Waals surface area contributed by atoms with E-state index in [1.54, 1.807) is 18.2 Å². The molecule has 0 saturated carbocycles. The van der Waals surface area contributed by atoms with Crippen molar-refractivity contribution in [1.29, 1.82) is 0 Å². The van der Waals surface area contributed by atoms with E-state index in [-0.39, 0.29) is 43.2 Å². The third kappa shape index (κ3) is 4.85. The third-order valence-electron chi connectivity index (χ3n) is 5.31. The van der Waals surface area contributed by atoms with Crippen LogP contribution < -0.4 is 9.47 Å². The van der Waals surface area contributed by atoms with Crippen LogP contribution >= 0.6 is 0 Å². The first-order valence-electron chi connectivity index (χ1n) is 10.3. The average molecular weight is 472 g/mol. The smallest absolute Gasteiger partial charge is 0.295 e. The van der Waals surface area contributed by atoms with E-state index < -0.39 is 28.4 Å². The van der Waals surface area contributed by atoms with E-state index >= 15 is 0 Å². The lowest BCUT2D eigenvalue weighted by molar-refractivity contribution is -0.384. The average Bonchev–Trinajstić information content (AvgIpc) is 3.10. The summed E-state index contributed by atoms with van der Waals surface area (Å²) in [5.74, 6) is -1.57. The van der Waals surface area contributed by atoms with Crippen LogP contribution in [0.5, 0.6) is 11.5 Å². The fraction of sp³-hybridized carbons (Fsp3) is 0.304. The van der Waals surface area contributed by atoms with E-state index in [1.165, 1.54) is 37.3 Å². The van der Waals surface area contributed by atoms with Crippen LogP contribution in [0.25, 0.3) is 5.76 Å². The number of nitro benzene ring substituents is 1. The zero-order chi connectivity index (χ0) is 24.8. The monoisotopic (exact) mass is 472 g/mol. The molecule has 3 rings (SSSR count). The molecule has 0 aliphatic carbocycles. The van der Waals surface area contributed by atoms with E-state index in [0.29, 0.717) is 17.1 Å². The van der Waals surface area contributed by atoms with Gasteiger partial charge in [-0.1, -0.05) is 18.2 Å². The lowest BCUT2D eigenvalue weighted by Crippen LogP contribution is -2.33. The number of nitro groups is 1. The van der Waals surface area contributed by atoms with E-state index in [0.717, 1.165) is 6.07 Å². The Morgan fingerprint density at radius 3 is 2.47 bits per heavy atom. The molecule has 0 spiro atoms. The fourth-order valence-corrected chi connectivity index (χ4v) is 3.73. The largest absolute Gasteiger partial charge is 0.507 e. The maximum absolute atomic E-state index is 13.0. The number of ketones is 1. The molecule has 1 saturated heterocycles. The highest BCUT2D eigenvalue weighted by atomic mass is 16.6. The molecule has 11 heteroatoms. The normalized spacial score (nSPS) is 17.1. The standard InChI is InChI=1S/C23H24N2O9/c1-32-17-7-6-14(13-18(17)33-2)20-19(21(27)15-4-3-5-16(12-15)25(30)31)22(28)23(29)24(20)8-10-34-11-9-26/h3-7,12-13,20,26-27H,8-11H2,1-2H3. The van der Waals surface area contributed by atoms with E-state index in [2.05, 4.69) is 0 Å². The highest BCUT2D eigenvalue weighted by Crippen LogP contribution is 2.42. The molecule has 1 unspecified atom stereocenters. The second kappa shape index (κ2) is 10.8. The summed E-state index contributed by atoms with van der Waals surface area (Å²) >= 11 is 0. The first kappa shape index (κ1) is 24.7. The van der Waals surface area contributed by atoms with Crippen LogP contribution in [0.4, 0.5) is 5.69 Å². The summed E-state index contributed by atoms with van der Waals surface area (Å²) in [4.78, 5) is 37.7. The number of aliphatic hydroxyl groups excluding tert-OH is 2. The van der Waals surface area contributed by atoms with Gasteiger partial charge in [-0.05, 0) is 17.7 Å². The van der Waals surface area contributed by atoms with Crippen molar-refractivity contribution in [3.05, 3.63) is 69.3 Å². The minimum absolute atomic E-state index is 0.00466. The molecule has 11 nitrogen and oxygen atoms in total. The number of amides is 1. The van der Waals surface area contributed by atoms with Gasteiger partial charge < -0.3 is 29.3 Å². The van der Waals surface area contributed by atoms with E-state index in [9.17, 15) is 24.8 Å². The summed E-state index contributed by atoms with van der Waals surface area (Å²) in [6, 6.07) is 8.94. The Balaban J connectivity index is 2.15. The fourth-order valence-electron chi connectivity index (χ4n) is 3.73. The second-order valence-electron chi connectivity index (χ2n) is 7.25. The van der Waals surface area contributed by atoms with Gasteiger partial charge in [0.05, 0.1) is 50.6 Å². The summed E-state index contributed by atoms with van der Waals surface area (Å²) in [6.45, 7) is -0.118. The van der Waals surface area contributed by atoms with Gasteiger partial charge in [-0.25, -0.2) is 0 Å². The van der Waals surface area contributed by atoms with Crippen molar-refractivity contribution in [1.82, 2.24) is 4.90 Å². The minimum Gasteiger partial charge on any atom is -0.507 e. The Hall–Kier alpha value is -3.96. The van der Waals surface area contributed by atoms with Gasteiger partial charge in [-0.15, -0.1) is 0 Å². The summed E-state index contributed by atoms with van der Waals surface area (Å²) in [6.07, 6.45) is 0. The molecule has 0 radical (unpaired) electrons. The van der Waals surface area contributed by atoms with Gasteiger partial charge in [0.1, 0.15) is 5.76 Å². The number of aliphatic hydroxyl groups is 2. The van der Waals surface area contributed by atoms with Gasteiger partial charge in [0.2, 0.25) is 0 Å². The van der Waals surface area contributed by atoms with Crippen LogP contribution in [0, 0.1) is 10.1 Å². The van der Waals surface area contributed by atoms with Crippen LogP contribution in [-0.2, 0) is 14.3 Å². The van der Waals surface area contributed by atoms with Gasteiger partial charge in [-0.3, -0.25) is 19.7 Å². The highest BCUT2D eigenvalue weighted by Gasteiger charge is 2.46. The van der Waals surface area contributed by atoms with Crippen LogP contribution in [-0.4, -0.2) is 72.3 Å². The molecule has 2 N–H and O–H groups in total. The van der Waals surface area contributed by atoms with E-state index in [1.807, 2.05) is 0 Å². The number of rotatable bonds is 10. The third-order valence-corrected chi connectivity index (χ3v) is 5.31. The van der Waals surface area contributed by atoms with Crippen LogP contribution in [0.2, 0.25) is 0 Å². The number of benzene rings is 2. The Bertz CT molecular complexity index is 1130. The molecule has 0 bridgehead atoms. The van der Waals surface area contributed by atoms with Gasteiger partial charge >= 0.3 is 0 Å². The van der Waals surface area contributed by atoms with Crippen molar-refractivity contribution >= 4 is 23.1 Å². The quantitative estimate of drug-likeness (QED) is 0.132. The summed E-state index contributed by atoms with van der Waals surface area (Å²) in [5, 5.41) is 31.1. The number of likely N-dealkylation sites (tertiary alicyclic amines) is 1. The van der Waals surface area contributed by atoms with Crippen molar-refractivity contribution in [2.75, 3.05) is 40.6 Å². The number of methoxy groups -OCH3 is 2. The number of carbonyl (C=O) groups excluding carboxylic acids is 2. The van der Waals surface area contributed by atoms with Crippen LogP contribution in [0.3, 0.4) is 0 Å². The molecule has 1 amide bonds. The van der Waals surface area contributed by atoms with Crippen molar-refractivity contribution in [3.63, 3.8) is 0 Å². The number of hydrogen-bond donors (Lipinski definition) is 2. The first-order chi connectivity index (χ1) is 16.3.